The minimum absolute atomic E-state index is 1.13. The normalized spacial score (nSPS) is 8.69. The van der Waals surface area contributed by atoms with Gasteiger partial charge in [0.15, 0.2) is 0 Å². The fourth-order valence-electron chi connectivity index (χ4n) is 1.01. The summed E-state index contributed by atoms with van der Waals surface area (Å²) in [6, 6.07) is 6.43. The SMILES string of the molecule is C=C(C)c1ccc(C)c(C)c1.CC. The lowest BCUT2D eigenvalue weighted by Crippen LogP contribution is -1.83. The second-order valence-corrected chi connectivity index (χ2v) is 3.08. The third-order valence-electron chi connectivity index (χ3n) is 2.00. The molecular formula is C13H20. The summed E-state index contributed by atoms with van der Waals surface area (Å²) in [5.74, 6) is 0. The van der Waals surface area contributed by atoms with Gasteiger partial charge in [-0.1, -0.05) is 44.2 Å². The van der Waals surface area contributed by atoms with Gasteiger partial charge in [0.25, 0.3) is 0 Å². The molecule has 0 aliphatic heterocycles. The maximum absolute atomic E-state index is 3.90. The zero-order chi connectivity index (χ0) is 10.4. The Bertz CT molecular complexity index is 282. The minimum atomic E-state index is 1.13. The zero-order valence-electron chi connectivity index (χ0n) is 9.44. The van der Waals surface area contributed by atoms with Gasteiger partial charge in [-0.15, -0.1) is 0 Å². The quantitative estimate of drug-likeness (QED) is 0.596. The Kier molecular flexibility index (Phi) is 5.13. The van der Waals surface area contributed by atoms with Crippen molar-refractivity contribution in [3.63, 3.8) is 0 Å². The summed E-state index contributed by atoms with van der Waals surface area (Å²) in [7, 11) is 0. The number of hydrogen-bond acceptors (Lipinski definition) is 0. The van der Waals surface area contributed by atoms with Crippen LogP contribution < -0.4 is 0 Å². The van der Waals surface area contributed by atoms with Crippen molar-refractivity contribution in [3.8, 4) is 0 Å². The van der Waals surface area contributed by atoms with Crippen molar-refractivity contribution in [1.82, 2.24) is 0 Å². The van der Waals surface area contributed by atoms with Crippen molar-refractivity contribution in [2.45, 2.75) is 34.6 Å². The van der Waals surface area contributed by atoms with E-state index in [1.165, 1.54) is 16.7 Å². The summed E-state index contributed by atoms with van der Waals surface area (Å²) in [5, 5.41) is 0. The highest BCUT2D eigenvalue weighted by molar-refractivity contribution is 5.62. The first-order valence-corrected chi connectivity index (χ1v) is 4.84. The Morgan fingerprint density at radius 3 is 2.00 bits per heavy atom. The zero-order valence-corrected chi connectivity index (χ0v) is 9.44. The van der Waals surface area contributed by atoms with E-state index in [0.717, 1.165) is 5.57 Å². The fraction of sp³-hybridized carbons (Fsp3) is 0.385. The highest BCUT2D eigenvalue weighted by Crippen LogP contribution is 2.15. The van der Waals surface area contributed by atoms with Crippen molar-refractivity contribution in [1.29, 1.82) is 0 Å². The molecule has 0 radical (unpaired) electrons. The Labute approximate surface area is 82.3 Å². The largest absolute Gasteiger partial charge is 0.0955 e. The van der Waals surface area contributed by atoms with Crippen LogP contribution in [-0.4, -0.2) is 0 Å². The maximum Gasteiger partial charge on any atom is -0.0230 e. The summed E-state index contributed by atoms with van der Waals surface area (Å²) in [6.45, 7) is 14.2. The standard InChI is InChI=1S/C11H14.C2H6/c1-8(2)11-6-5-9(3)10(4)7-11;1-2/h5-7H,1H2,2-4H3;1-2H3. The number of allylic oxidation sites excluding steroid dienone is 1. The molecule has 0 bridgehead atoms. The number of benzene rings is 1. The first-order valence-electron chi connectivity index (χ1n) is 4.84. The lowest BCUT2D eigenvalue weighted by atomic mass is 10.0. The molecule has 13 heavy (non-hydrogen) atoms. The molecule has 0 spiro atoms. The summed E-state index contributed by atoms with van der Waals surface area (Å²) >= 11 is 0. The molecule has 0 aliphatic rings. The molecule has 0 saturated heterocycles. The molecule has 0 unspecified atom stereocenters. The van der Waals surface area contributed by atoms with E-state index in [-0.39, 0.29) is 0 Å². The molecule has 0 N–H and O–H groups in total. The smallest absolute Gasteiger partial charge is 0.0230 e. The Morgan fingerprint density at radius 2 is 1.62 bits per heavy atom. The van der Waals surface area contributed by atoms with Crippen LogP contribution in [0.5, 0.6) is 0 Å². The molecule has 0 saturated carbocycles. The average Bonchev–Trinajstić information content (AvgIpc) is 2.13. The van der Waals surface area contributed by atoms with E-state index in [9.17, 15) is 0 Å². The molecule has 0 heteroatoms. The van der Waals surface area contributed by atoms with Crippen LogP contribution in [0.3, 0.4) is 0 Å². The molecule has 0 amide bonds. The number of hydrogen-bond donors (Lipinski definition) is 0. The lowest BCUT2D eigenvalue weighted by Gasteiger charge is -2.03. The molecule has 0 heterocycles. The molecule has 0 nitrogen and oxygen atoms in total. The van der Waals surface area contributed by atoms with Crippen LogP contribution in [0.1, 0.15) is 37.5 Å². The van der Waals surface area contributed by atoms with Gasteiger partial charge in [0.1, 0.15) is 0 Å². The summed E-state index contributed by atoms with van der Waals surface area (Å²) in [6.07, 6.45) is 0. The molecular weight excluding hydrogens is 156 g/mol. The van der Waals surface area contributed by atoms with E-state index in [4.69, 9.17) is 0 Å². The molecule has 0 aliphatic carbocycles. The van der Waals surface area contributed by atoms with Crippen LogP contribution in [0.15, 0.2) is 24.8 Å². The highest BCUT2D eigenvalue weighted by Gasteiger charge is 1.95. The van der Waals surface area contributed by atoms with Gasteiger partial charge in [-0.3, -0.25) is 0 Å². The van der Waals surface area contributed by atoms with Crippen LogP contribution in [0.25, 0.3) is 5.57 Å². The van der Waals surface area contributed by atoms with Crippen LogP contribution in [0.2, 0.25) is 0 Å². The second kappa shape index (κ2) is 5.58. The predicted octanol–water partition coefficient (Wildman–Crippen LogP) is 4.36. The Morgan fingerprint density at radius 1 is 1.08 bits per heavy atom. The Balaban J connectivity index is 0.000000671. The maximum atomic E-state index is 3.90. The second-order valence-electron chi connectivity index (χ2n) is 3.08. The van der Waals surface area contributed by atoms with E-state index >= 15 is 0 Å². The highest BCUT2D eigenvalue weighted by atomic mass is 14.0. The van der Waals surface area contributed by atoms with Crippen molar-refractivity contribution >= 4 is 5.57 Å². The third-order valence-corrected chi connectivity index (χ3v) is 2.00. The number of rotatable bonds is 1. The Hall–Kier alpha value is -1.04. The monoisotopic (exact) mass is 176 g/mol. The number of aryl methyl sites for hydroxylation is 2. The topological polar surface area (TPSA) is 0 Å². The van der Waals surface area contributed by atoms with Gasteiger partial charge in [0, 0.05) is 0 Å². The molecule has 0 aromatic heterocycles. The first-order chi connectivity index (χ1) is 6.11. The van der Waals surface area contributed by atoms with Gasteiger partial charge in [-0.05, 0) is 37.5 Å². The van der Waals surface area contributed by atoms with E-state index in [1.54, 1.807) is 0 Å². The third kappa shape index (κ3) is 3.45. The van der Waals surface area contributed by atoms with Gasteiger partial charge in [0.05, 0.1) is 0 Å². The van der Waals surface area contributed by atoms with Crippen LogP contribution in [0, 0.1) is 13.8 Å². The van der Waals surface area contributed by atoms with Gasteiger partial charge >= 0.3 is 0 Å². The molecule has 1 aromatic rings. The van der Waals surface area contributed by atoms with E-state index < -0.39 is 0 Å². The predicted molar refractivity (Wildman–Crippen MR) is 62.0 cm³/mol. The van der Waals surface area contributed by atoms with E-state index in [2.05, 4.69) is 38.6 Å². The summed E-state index contributed by atoms with van der Waals surface area (Å²) in [5.41, 5.74) is 5.06. The van der Waals surface area contributed by atoms with E-state index in [0.29, 0.717) is 0 Å². The minimum Gasteiger partial charge on any atom is -0.0955 e. The lowest BCUT2D eigenvalue weighted by molar-refractivity contribution is 1.33. The van der Waals surface area contributed by atoms with Crippen molar-refractivity contribution in [2.75, 3.05) is 0 Å². The van der Waals surface area contributed by atoms with E-state index in [1.807, 2.05) is 20.8 Å². The molecule has 0 fully saturated rings. The van der Waals surface area contributed by atoms with Crippen molar-refractivity contribution in [2.24, 2.45) is 0 Å². The summed E-state index contributed by atoms with van der Waals surface area (Å²) < 4.78 is 0. The van der Waals surface area contributed by atoms with Gasteiger partial charge < -0.3 is 0 Å². The summed E-state index contributed by atoms with van der Waals surface area (Å²) in [4.78, 5) is 0. The van der Waals surface area contributed by atoms with Gasteiger partial charge in [0.2, 0.25) is 0 Å². The molecule has 1 aromatic carbocycles. The van der Waals surface area contributed by atoms with Crippen LogP contribution >= 0.6 is 0 Å². The van der Waals surface area contributed by atoms with Crippen molar-refractivity contribution in [3.05, 3.63) is 41.5 Å². The average molecular weight is 176 g/mol. The van der Waals surface area contributed by atoms with Crippen molar-refractivity contribution < 1.29 is 0 Å². The van der Waals surface area contributed by atoms with Crippen LogP contribution in [0.4, 0.5) is 0 Å². The van der Waals surface area contributed by atoms with Gasteiger partial charge in [-0.2, -0.15) is 0 Å². The molecule has 72 valence electrons. The molecule has 1 rings (SSSR count). The fourth-order valence-corrected chi connectivity index (χ4v) is 1.01. The van der Waals surface area contributed by atoms with Gasteiger partial charge in [-0.25, -0.2) is 0 Å². The van der Waals surface area contributed by atoms with Crippen LogP contribution in [-0.2, 0) is 0 Å². The first kappa shape index (κ1) is 12.0. The molecule has 0 atom stereocenters.